The van der Waals surface area contributed by atoms with E-state index in [0.717, 1.165) is 64.2 Å². The minimum Gasteiger partial charge on any atom is -0.481 e. The van der Waals surface area contributed by atoms with Crippen LogP contribution in [0.5, 0.6) is 0 Å². The highest BCUT2D eigenvalue weighted by molar-refractivity contribution is 5.66. The van der Waals surface area contributed by atoms with Crippen LogP contribution in [0, 0.1) is 11.8 Å². The number of hydrogen-bond acceptors (Lipinski definition) is 3. The van der Waals surface area contributed by atoms with Crippen molar-refractivity contribution in [2.45, 2.75) is 96.2 Å². The van der Waals surface area contributed by atoms with Gasteiger partial charge in [0.2, 0.25) is 0 Å². The second kappa shape index (κ2) is 12.5. The summed E-state index contributed by atoms with van der Waals surface area (Å²) in [7, 11) is 0. The molecular weight excluding hydrogens is 304 g/mol. The third-order valence-corrected chi connectivity index (χ3v) is 5.20. The van der Waals surface area contributed by atoms with E-state index < -0.39 is 5.97 Å². The highest BCUT2D eigenvalue weighted by Gasteiger charge is 2.32. The van der Waals surface area contributed by atoms with Gasteiger partial charge in [0.25, 0.3) is 0 Å². The molecule has 0 heterocycles. The maximum absolute atomic E-state index is 10.5. The summed E-state index contributed by atoms with van der Waals surface area (Å²) in [6, 6.07) is 0. The van der Waals surface area contributed by atoms with Crippen LogP contribution in [0.4, 0.5) is 0 Å². The molecule has 1 fully saturated rings. The zero-order chi connectivity index (χ0) is 17.8. The number of aliphatic hydroxyl groups excluding tert-OH is 2. The van der Waals surface area contributed by atoms with E-state index in [-0.39, 0.29) is 18.6 Å². The van der Waals surface area contributed by atoms with Gasteiger partial charge in [-0.2, -0.15) is 0 Å². The van der Waals surface area contributed by atoms with Crippen LogP contribution in [-0.4, -0.2) is 33.5 Å². The smallest absolute Gasteiger partial charge is 0.303 e. The molecule has 0 saturated heterocycles. The number of unbranched alkanes of at least 4 members (excludes halogenated alkanes) is 5. The molecule has 4 heteroatoms. The van der Waals surface area contributed by atoms with Crippen molar-refractivity contribution in [1.82, 2.24) is 0 Å². The topological polar surface area (TPSA) is 77.8 Å². The van der Waals surface area contributed by atoms with Crippen molar-refractivity contribution < 1.29 is 20.1 Å². The van der Waals surface area contributed by atoms with Crippen molar-refractivity contribution >= 4 is 5.97 Å². The Morgan fingerprint density at radius 2 is 1.88 bits per heavy atom. The summed E-state index contributed by atoms with van der Waals surface area (Å²) in [5.74, 6) is -0.0488. The molecule has 1 saturated carbocycles. The number of carboxylic acids is 1. The van der Waals surface area contributed by atoms with Gasteiger partial charge >= 0.3 is 5.97 Å². The second-order valence-electron chi connectivity index (χ2n) is 7.27. The number of carboxylic acid groups (broad SMARTS) is 1. The van der Waals surface area contributed by atoms with E-state index in [0.29, 0.717) is 11.8 Å². The van der Waals surface area contributed by atoms with Crippen LogP contribution in [0.3, 0.4) is 0 Å². The molecule has 0 spiro atoms. The average molecular weight is 341 g/mol. The van der Waals surface area contributed by atoms with Crippen molar-refractivity contribution in [3.63, 3.8) is 0 Å². The van der Waals surface area contributed by atoms with Gasteiger partial charge in [0.15, 0.2) is 0 Å². The van der Waals surface area contributed by atoms with Crippen LogP contribution in [0.15, 0.2) is 12.2 Å². The van der Waals surface area contributed by atoms with Crippen LogP contribution in [0.2, 0.25) is 0 Å². The van der Waals surface area contributed by atoms with E-state index >= 15 is 0 Å². The monoisotopic (exact) mass is 340 g/mol. The maximum atomic E-state index is 10.5. The van der Waals surface area contributed by atoms with Crippen LogP contribution >= 0.6 is 0 Å². The molecule has 0 amide bonds. The normalized spacial score (nSPS) is 25.4. The van der Waals surface area contributed by atoms with E-state index in [1.807, 2.05) is 6.08 Å². The predicted molar refractivity (Wildman–Crippen MR) is 96.8 cm³/mol. The lowest BCUT2D eigenvalue weighted by atomic mass is 9.88. The fraction of sp³-hybridized carbons (Fsp3) is 0.850. The zero-order valence-corrected chi connectivity index (χ0v) is 15.2. The Balaban J connectivity index is 2.27. The Hall–Kier alpha value is -0.870. The van der Waals surface area contributed by atoms with E-state index in [1.165, 1.54) is 6.42 Å². The maximum Gasteiger partial charge on any atom is 0.303 e. The van der Waals surface area contributed by atoms with Gasteiger partial charge in [-0.25, -0.2) is 0 Å². The van der Waals surface area contributed by atoms with Gasteiger partial charge in [0.1, 0.15) is 0 Å². The largest absolute Gasteiger partial charge is 0.481 e. The first-order valence-electron chi connectivity index (χ1n) is 9.80. The number of hydrogen-bond donors (Lipinski definition) is 3. The van der Waals surface area contributed by atoms with Gasteiger partial charge in [0.05, 0.1) is 12.2 Å². The van der Waals surface area contributed by atoms with Gasteiger partial charge in [-0.05, 0) is 43.9 Å². The summed E-state index contributed by atoms with van der Waals surface area (Å²) in [6.45, 7) is 2.16. The Morgan fingerprint density at radius 1 is 1.12 bits per heavy atom. The summed E-state index contributed by atoms with van der Waals surface area (Å²) in [6.07, 6.45) is 14.6. The fourth-order valence-electron chi connectivity index (χ4n) is 3.70. The van der Waals surface area contributed by atoms with Crippen molar-refractivity contribution in [3.05, 3.63) is 12.2 Å². The molecule has 0 radical (unpaired) electrons. The zero-order valence-electron chi connectivity index (χ0n) is 15.2. The van der Waals surface area contributed by atoms with Crippen molar-refractivity contribution in [2.75, 3.05) is 0 Å². The molecule has 4 atom stereocenters. The third kappa shape index (κ3) is 8.84. The third-order valence-electron chi connectivity index (χ3n) is 5.20. The summed E-state index contributed by atoms with van der Waals surface area (Å²) < 4.78 is 0. The Morgan fingerprint density at radius 3 is 2.58 bits per heavy atom. The summed E-state index contributed by atoms with van der Waals surface area (Å²) in [5.41, 5.74) is 0. The van der Waals surface area contributed by atoms with Gasteiger partial charge in [-0.3, -0.25) is 4.79 Å². The first kappa shape index (κ1) is 21.2. The number of allylic oxidation sites excluding steroid dienone is 1. The standard InChI is InChI=1S/C20H36O4/c1-2-3-6-9-17(21)14-12-16-13-15-19(22)18(16)10-7-4-5-8-11-20(23)24/h12,14,16-19,21-22H,2-11,13,15H2,1H3,(H,23,24)/b14-12+/t16-,17+,18+,19-/m0/s1. The van der Waals surface area contributed by atoms with Gasteiger partial charge in [-0.15, -0.1) is 0 Å². The van der Waals surface area contributed by atoms with Gasteiger partial charge < -0.3 is 15.3 Å². The van der Waals surface area contributed by atoms with Crippen molar-refractivity contribution in [2.24, 2.45) is 11.8 Å². The fourth-order valence-corrected chi connectivity index (χ4v) is 3.70. The quantitative estimate of drug-likeness (QED) is 0.345. The minimum absolute atomic E-state index is 0.226. The SMILES string of the molecule is CCCCC[C@@H](O)/C=C/[C@H]1CC[C@H](O)[C@@H]1CCCCCCC(=O)O. The van der Waals surface area contributed by atoms with Gasteiger partial charge in [-0.1, -0.05) is 57.6 Å². The molecule has 0 aromatic heterocycles. The molecule has 0 bridgehead atoms. The molecule has 0 aromatic rings. The first-order valence-corrected chi connectivity index (χ1v) is 9.80. The van der Waals surface area contributed by atoms with E-state index in [2.05, 4.69) is 13.0 Å². The molecule has 0 aromatic carbocycles. The summed E-state index contributed by atoms with van der Waals surface area (Å²) >= 11 is 0. The van der Waals surface area contributed by atoms with Crippen molar-refractivity contribution in [1.29, 1.82) is 0 Å². The van der Waals surface area contributed by atoms with Gasteiger partial charge in [0, 0.05) is 6.42 Å². The van der Waals surface area contributed by atoms with E-state index in [4.69, 9.17) is 5.11 Å². The number of aliphatic hydroxyl groups is 2. The Kier molecular flexibility index (Phi) is 11.0. The highest BCUT2D eigenvalue weighted by Crippen LogP contribution is 2.36. The van der Waals surface area contributed by atoms with Crippen LogP contribution in [0.1, 0.15) is 84.0 Å². The minimum atomic E-state index is -0.719. The molecule has 1 aliphatic carbocycles. The molecular formula is C20H36O4. The lowest BCUT2D eigenvalue weighted by Gasteiger charge is -2.20. The second-order valence-corrected chi connectivity index (χ2v) is 7.27. The number of aliphatic carboxylic acids is 1. The van der Waals surface area contributed by atoms with Crippen LogP contribution in [-0.2, 0) is 4.79 Å². The molecule has 0 unspecified atom stereocenters. The lowest BCUT2D eigenvalue weighted by molar-refractivity contribution is -0.137. The molecule has 1 aliphatic rings. The van der Waals surface area contributed by atoms with E-state index in [9.17, 15) is 15.0 Å². The summed E-state index contributed by atoms with van der Waals surface area (Å²) in [4.78, 5) is 10.5. The molecule has 1 rings (SSSR count). The summed E-state index contributed by atoms with van der Waals surface area (Å²) in [5, 5.41) is 28.8. The number of carbonyl (C=O) groups is 1. The molecule has 0 aliphatic heterocycles. The van der Waals surface area contributed by atoms with E-state index in [1.54, 1.807) is 0 Å². The first-order chi connectivity index (χ1) is 11.5. The Bertz CT molecular complexity index is 367. The predicted octanol–water partition coefficient (Wildman–Crippen LogP) is 4.30. The molecule has 140 valence electrons. The van der Waals surface area contributed by atoms with Crippen LogP contribution in [0.25, 0.3) is 0 Å². The lowest BCUT2D eigenvalue weighted by Crippen LogP contribution is -2.18. The molecule has 3 N–H and O–H groups in total. The average Bonchev–Trinajstić information content (AvgIpc) is 2.89. The van der Waals surface area contributed by atoms with Crippen molar-refractivity contribution in [3.8, 4) is 0 Å². The van der Waals surface area contributed by atoms with Crippen LogP contribution < -0.4 is 0 Å². The number of rotatable bonds is 13. The Labute approximate surface area is 147 Å². The highest BCUT2D eigenvalue weighted by atomic mass is 16.4. The molecule has 4 nitrogen and oxygen atoms in total. The molecule has 24 heavy (non-hydrogen) atoms.